The summed E-state index contributed by atoms with van der Waals surface area (Å²) in [5.74, 6) is -1.07. The molecule has 4 nitrogen and oxygen atoms in total. The van der Waals surface area contributed by atoms with Gasteiger partial charge in [-0.3, -0.25) is 0 Å². The van der Waals surface area contributed by atoms with Crippen LogP contribution in [0.3, 0.4) is 0 Å². The van der Waals surface area contributed by atoms with Crippen molar-refractivity contribution in [3.63, 3.8) is 0 Å². The maximum absolute atomic E-state index is 13.0. The summed E-state index contributed by atoms with van der Waals surface area (Å²) >= 11 is 9.09. The van der Waals surface area contributed by atoms with Gasteiger partial charge in [-0.25, -0.2) is 9.18 Å². The molecule has 2 rings (SSSR count). The fraction of sp³-hybridized carbons (Fsp3) is 0.0833. The number of carboxylic acid groups (broad SMARTS) is 1. The molecule has 0 amide bonds. The molecule has 0 aliphatic rings. The Hall–Kier alpha value is -1.53. The van der Waals surface area contributed by atoms with E-state index in [1.807, 2.05) is 0 Å². The Morgan fingerprint density at radius 2 is 2.21 bits per heavy atom. The summed E-state index contributed by atoms with van der Waals surface area (Å²) in [6.45, 7) is 0.233. The van der Waals surface area contributed by atoms with E-state index in [-0.39, 0.29) is 17.1 Å². The molecule has 1 aromatic carbocycles. The minimum absolute atomic E-state index is 0.0704. The van der Waals surface area contributed by atoms with Gasteiger partial charge < -0.3 is 14.8 Å². The van der Waals surface area contributed by atoms with Gasteiger partial charge in [0.25, 0.3) is 0 Å². The highest BCUT2D eigenvalue weighted by Crippen LogP contribution is 2.32. The van der Waals surface area contributed by atoms with E-state index in [4.69, 9.17) is 21.1 Å². The lowest BCUT2D eigenvalue weighted by Gasteiger charge is -2.09. The minimum atomic E-state index is -1.06. The van der Waals surface area contributed by atoms with Crippen LogP contribution in [0.4, 0.5) is 10.1 Å². The van der Waals surface area contributed by atoms with Crippen LogP contribution in [0.1, 0.15) is 16.1 Å². The normalized spacial score (nSPS) is 10.5. The van der Waals surface area contributed by atoms with E-state index in [9.17, 15) is 9.18 Å². The molecule has 7 heteroatoms. The number of hydrogen-bond acceptors (Lipinski definition) is 3. The van der Waals surface area contributed by atoms with Crippen molar-refractivity contribution in [3.8, 4) is 0 Å². The van der Waals surface area contributed by atoms with Crippen molar-refractivity contribution in [2.75, 3.05) is 5.32 Å². The van der Waals surface area contributed by atoms with Crippen LogP contribution in [0.2, 0.25) is 5.02 Å². The van der Waals surface area contributed by atoms with Crippen LogP contribution in [0.25, 0.3) is 0 Å². The number of aromatic carboxylic acids is 1. The van der Waals surface area contributed by atoms with Crippen molar-refractivity contribution in [1.29, 1.82) is 0 Å². The molecule has 1 heterocycles. The second-order valence-corrected chi connectivity index (χ2v) is 4.97. The highest BCUT2D eigenvalue weighted by molar-refractivity contribution is 9.10. The first-order valence-corrected chi connectivity index (χ1v) is 6.33. The summed E-state index contributed by atoms with van der Waals surface area (Å²) in [5, 5.41) is 11.9. The molecule has 0 bridgehead atoms. The van der Waals surface area contributed by atoms with Gasteiger partial charge in [0, 0.05) is 4.47 Å². The Morgan fingerprint density at radius 1 is 1.47 bits per heavy atom. The van der Waals surface area contributed by atoms with Gasteiger partial charge in [0.05, 0.1) is 22.8 Å². The van der Waals surface area contributed by atoms with E-state index in [1.54, 1.807) is 0 Å². The van der Waals surface area contributed by atoms with Gasteiger partial charge in [0.2, 0.25) is 0 Å². The Labute approximate surface area is 121 Å². The molecule has 0 aliphatic carbocycles. The molecule has 0 spiro atoms. The number of hydrogen-bond donors (Lipinski definition) is 2. The molecule has 0 fully saturated rings. The number of anilines is 1. The number of benzene rings is 1. The minimum Gasteiger partial charge on any atom is -0.478 e. The SMILES string of the molecule is O=C(O)c1coc(CNc2c(Cl)cc(F)cc2Br)c1. The third-order valence-corrected chi connectivity index (χ3v) is 3.27. The van der Waals surface area contributed by atoms with E-state index in [1.165, 1.54) is 18.2 Å². The molecule has 1 aromatic heterocycles. The molecule has 0 saturated heterocycles. The largest absolute Gasteiger partial charge is 0.478 e. The Balaban J connectivity index is 2.12. The number of carboxylic acids is 1. The van der Waals surface area contributed by atoms with Crippen LogP contribution in [0, 0.1) is 5.82 Å². The molecule has 0 atom stereocenters. The van der Waals surface area contributed by atoms with Crippen LogP contribution in [0.5, 0.6) is 0 Å². The topological polar surface area (TPSA) is 62.5 Å². The quantitative estimate of drug-likeness (QED) is 0.871. The van der Waals surface area contributed by atoms with Crippen molar-refractivity contribution in [2.24, 2.45) is 0 Å². The van der Waals surface area contributed by atoms with Crippen LogP contribution >= 0.6 is 27.5 Å². The van der Waals surface area contributed by atoms with Gasteiger partial charge in [0.1, 0.15) is 17.8 Å². The fourth-order valence-corrected chi connectivity index (χ4v) is 2.43. The highest BCUT2D eigenvalue weighted by Gasteiger charge is 2.11. The van der Waals surface area contributed by atoms with Gasteiger partial charge in [-0.1, -0.05) is 11.6 Å². The molecule has 100 valence electrons. The maximum Gasteiger partial charge on any atom is 0.338 e. The molecular formula is C12H8BrClFNO3. The van der Waals surface area contributed by atoms with Crippen molar-refractivity contribution in [2.45, 2.75) is 6.54 Å². The average Bonchev–Trinajstić information content (AvgIpc) is 2.76. The molecule has 0 saturated carbocycles. The van der Waals surface area contributed by atoms with E-state index >= 15 is 0 Å². The predicted octanol–water partition coefficient (Wildman–Crippen LogP) is 4.14. The molecular weight excluding hydrogens is 340 g/mol. The lowest BCUT2D eigenvalue weighted by atomic mass is 10.3. The van der Waals surface area contributed by atoms with Crippen molar-refractivity contribution in [1.82, 2.24) is 0 Å². The maximum atomic E-state index is 13.0. The van der Waals surface area contributed by atoms with E-state index in [0.717, 1.165) is 6.26 Å². The average molecular weight is 349 g/mol. The van der Waals surface area contributed by atoms with Crippen LogP contribution in [-0.4, -0.2) is 11.1 Å². The first-order valence-electron chi connectivity index (χ1n) is 5.16. The molecule has 2 N–H and O–H groups in total. The Morgan fingerprint density at radius 3 is 2.79 bits per heavy atom. The third kappa shape index (κ3) is 3.27. The van der Waals surface area contributed by atoms with Crippen molar-refractivity contribution in [3.05, 3.63) is 51.1 Å². The van der Waals surface area contributed by atoms with E-state index < -0.39 is 11.8 Å². The number of nitrogens with one attached hydrogen (secondary N) is 1. The van der Waals surface area contributed by atoms with Crippen LogP contribution in [0.15, 0.2) is 33.4 Å². The monoisotopic (exact) mass is 347 g/mol. The Bertz CT molecular complexity index is 606. The predicted molar refractivity (Wildman–Crippen MR) is 72.1 cm³/mol. The number of furan rings is 1. The lowest BCUT2D eigenvalue weighted by Crippen LogP contribution is -2.00. The van der Waals surface area contributed by atoms with Gasteiger partial charge in [0.15, 0.2) is 0 Å². The smallest absolute Gasteiger partial charge is 0.338 e. The van der Waals surface area contributed by atoms with E-state index in [2.05, 4.69) is 21.2 Å². The van der Waals surface area contributed by atoms with Crippen LogP contribution < -0.4 is 5.32 Å². The summed E-state index contributed by atoms with van der Waals surface area (Å²) in [5.41, 5.74) is 0.581. The molecule has 0 radical (unpaired) electrons. The zero-order chi connectivity index (χ0) is 14.0. The molecule has 2 aromatic rings. The Kier molecular flexibility index (Phi) is 4.11. The second-order valence-electron chi connectivity index (χ2n) is 3.70. The van der Waals surface area contributed by atoms with Crippen LogP contribution in [-0.2, 0) is 6.54 Å². The molecule has 0 unspecified atom stereocenters. The molecule has 0 aliphatic heterocycles. The summed E-state index contributed by atoms with van der Waals surface area (Å²) in [7, 11) is 0. The highest BCUT2D eigenvalue weighted by atomic mass is 79.9. The van der Waals surface area contributed by atoms with Gasteiger partial charge >= 0.3 is 5.97 Å². The first kappa shape index (κ1) is 13.9. The summed E-state index contributed by atoms with van der Waals surface area (Å²) in [6.07, 6.45) is 1.15. The summed E-state index contributed by atoms with van der Waals surface area (Å²) in [4.78, 5) is 10.7. The first-order chi connectivity index (χ1) is 8.97. The van der Waals surface area contributed by atoms with Gasteiger partial charge in [-0.05, 0) is 34.1 Å². The number of rotatable bonds is 4. The zero-order valence-electron chi connectivity index (χ0n) is 9.41. The summed E-state index contributed by atoms with van der Waals surface area (Å²) in [6, 6.07) is 3.86. The standard InChI is InChI=1S/C12H8BrClFNO3/c13-9-2-7(15)3-10(14)11(9)16-4-8-1-6(5-19-8)12(17)18/h1-3,5,16H,4H2,(H,17,18). The van der Waals surface area contributed by atoms with Gasteiger partial charge in [-0.2, -0.15) is 0 Å². The lowest BCUT2D eigenvalue weighted by molar-refractivity contribution is 0.0696. The number of halogens is 3. The molecule has 19 heavy (non-hydrogen) atoms. The third-order valence-electron chi connectivity index (χ3n) is 2.35. The van der Waals surface area contributed by atoms with Crippen molar-refractivity contribution >= 4 is 39.2 Å². The second kappa shape index (κ2) is 5.63. The number of carbonyl (C=O) groups is 1. The van der Waals surface area contributed by atoms with E-state index in [0.29, 0.717) is 15.9 Å². The zero-order valence-corrected chi connectivity index (χ0v) is 11.8. The van der Waals surface area contributed by atoms with Crippen molar-refractivity contribution < 1.29 is 18.7 Å². The fourth-order valence-electron chi connectivity index (χ4n) is 1.47. The van der Waals surface area contributed by atoms with Gasteiger partial charge in [-0.15, -0.1) is 0 Å². The summed E-state index contributed by atoms with van der Waals surface area (Å²) < 4.78 is 18.6.